The van der Waals surface area contributed by atoms with E-state index in [2.05, 4.69) is 14.2 Å². The maximum atomic E-state index is 11.5. The molecule has 0 amide bonds. The fourth-order valence-electron chi connectivity index (χ4n) is 1.01. The van der Waals surface area contributed by atoms with Gasteiger partial charge in [0.25, 0.3) is 5.60 Å². The molecule has 0 bridgehead atoms. The lowest BCUT2D eigenvalue weighted by molar-refractivity contribution is -0.187. The smallest absolute Gasteiger partial charge is 0.350 e. The quantitative estimate of drug-likeness (QED) is 0.381. The van der Waals surface area contributed by atoms with Crippen LogP contribution >= 0.6 is 0 Å². The van der Waals surface area contributed by atoms with Crippen molar-refractivity contribution in [3.05, 3.63) is 0 Å². The lowest BCUT2D eigenvalue weighted by Gasteiger charge is -2.22. The van der Waals surface area contributed by atoms with Crippen molar-refractivity contribution in [3.63, 3.8) is 0 Å². The van der Waals surface area contributed by atoms with E-state index in [1.165, 1.54) is 13.8 Å². The van der Waals surface area contributed by atoms with Crippen LogP contribution in [0.3, 0.4) is 0 Å². The Bertz CT molecular complexity index is 279. The first-order chi connectivity index (χ1) is 7.92. The second-order valence-corrected chi connectivity index (χ2v) is 3.05. The van der Waals surface area contributed by atoms with E-state index in [1.807, 2.05) is 0 Å². The van der Waals surface area contributed by atoms with Gasteiger partial charge in [-0.05, 0) is 13.8 Å². The summed E-state index contributed by atoms with van der Waals surface area (Å²) in [6.45, 7) is 2.92. The normalized spacial score (nSPS) is 10.6. The van der Waals surface area contributed by atoms with Crippen LogP contribution in [0.15, 0.2) is 0 Å². The second-order valence-electron chi connectivity index (χ2n) is 3.05. The molecule has 7 heteroatoms. The summed E-state index contributed by atoms with van der Waals surface area (Å²) in [7, 11) is 1.07. The van der Waals surface area contributed by atoms with Crippen LogP contribution < -0.4 is 0 Å². The van der Waals surface area contributed by atoms with E-state index in [9.17, 15) is 19.5 Å². The molecule has 0 spiro atoms. The SMILES string of the molecule is CCOC(=O)C(O)(CC(=O)OC)C(=O)OCC. The van der Waals surface area contributed by atoms with Gasteiger partial charge < -0.3 is 19.3 Å². The van der Waals surface area contributed by atoms with Gasteiger partial charge in [-0.3, -0.25) is 4.79 Å². The van der Waals surface area contributed by atoms with Crippen LogP contribution in [0.4, 0.5) is 0 Å². The molecule has 17 heavy (non-hydrogen) atoms. The summed E-state index contributed by atoms with van der Waals surface area (Å²) < 4.78 is 13.3. The Morgan fingerprint density at radius 2 is 1.47 bits per heavy atom. The summed E-state index contributed by atoms with van der Waals surface area (Å²) in [4.78, 5) is 34.0. The van der Waals surface area contributed by atoms with Gasteiger partial charge >= 0.3 is 17.9 Å². The van der Waals surface area contributed by atoms with Crippen molar-refractivity contribution < 1.29 is 33.7 Å². The molecular weight excluding hydrogens is 232 g/mol. The molecule has 0 aromatic heterocycles. The van der Waals surface area contributed by atoms with E-state index in [0.717, 1.165) is 7.11 Å². The molecule has 98 valence electrons. The minimum atomic E-state index is -2.65. The average molecular weight is 248 g/mol. The third kappa shape index (κ3) is 4.03. The largest absolute Gasteiger partial charge is 0.469 e. The molecule has 0 aromatic rings. The second kappa shape index (κ2) is 6.85. The van der Waals surface area contributed by atoms with Crippen molar-refractivity contribution in [3.8, 4) is 0 Å². The Kier molecular flexibility index (Phi) is 6.19. The number of esters is 3. The minimum Gasteiger partial charge on any atom is -0.469 e. The zero-order chi connectivity index (χ0) is 13.5. The Morgan fingerprint density at radius 3 is 1.76 bits per heavy atom. The third-order valence-electron chi connectivity index (χ3n) is 1.85. The molecule has 0 heterocycles. The van der Waals surface area contributed by atoms with Crippen LogP contribution in [0.1, 0.15) is 20.3 Å². The maximum absolute atomic E-state index is 11.5. The van der Waals surface area contributed by atoms with Gasteiger partial charge in [-0.2, -0.15) is 0 Å². The molecule has 0 aliphatic rings. The summed E-state index contributed by atoms with van der Waals surface area (Å²) in [6, 6.07) is 0. The van der Waals surface area contributed by atoms with Gasteiger partial charge in [0.15, 0.2) is 0 Å². The summed E-state index contributed by atoms with van der Waals surface area (Å²) in [5.41, 5.74) is -2.65. The number of hydrogen-bond acceptors (Lipinski definition) is 7. The Balaban J connectivity index is 4.98. The van der Waals surface area contributed by atoms with Crippen LogP contribution in [0.5, 0.6) is 0 Å². The van der Waals surface area contributed by atoms with Crippen molar-refractivity contribution in [1.82, 2.24) is 0 Å². The first-order valence-corrected chi connectivity index (χ1v) is 5.06. The predicted molar refractivity (Wildman–Crippen MR) is 54.8 cm³/mol. The molecule has 0 aromatic carbocycles. The van der Waals surface area contributed by atoms with Crippen molar-refractivity contribution in [2.75, 3.05) is 20.3 Å². The van der Waals surface area contributed by atoms with E-state index in [4.69, 9.17) is 0 Å². The van der Waals surface area contributed by atoms with Crippen molar-refractivity contribution in [1.29, 1.82) is 0 Å². The first-order valence-electron chi connectivity index (χ1n) is 5.06. The highest BCUT2D eigenvalue weighted by Gasteiger charge is 2.49. The van der Waals surface area contributed by atoms with E-state index in [-0.39, 0.29) is 13.2 Å². The fourth-order valence-corrected chi connectivity index (χ4v) is 1.01. The Labute approximate surface area is 98.6 Å². The molecule has 7 nitrogen and oxygen atoms in total. The number of aliphatic hydroxyl groups is 1. The number of hydrogen-bond donors (Lipinski definition) is 1. The van der Waals surface area contributed by atoms with E-state index >= 15 is 0 Å². The topological polar surface area (TPSA) is 99.1 Å². The zero-order valence-corrected chi connectivity index (χ0v) is 10.0. The van der Waals surface area contributed by atoms with Gasteiger partial charge in [-0.15, -0.1) is 0 Å². The molecule has 0 saturated heterocycles. The van der Waals surface area contributed by atoms with Gasteiger partial charge in [-0.1, -0.05) is 0 Å². The molecule has 0 aliphatic heterocycles. The highest BCUT2D eigenvalue weighted by atomic mass is 16.6. The van der Waals surface area contributed by atoms with E-state index < -0.39 is 29.9 Å². The summed E-state index contributed by atoms with van der Waals surface area (Å²) >= 11 is 0. The van der Waals surface area contributed by atoms with Crippen LogP contribution in [-0.2, 0) is 28.6 Å². The number of carbonyl (C=O) groups is 3. The van der Waals surface area contributed by atoms with Crippen molar-refractivity contribution in [2.45, 2.75) is 25.9 Å². The Morgan fingerprint density at radius 1 is 1.06 bits per heavy atom. The summed E-state index contributed by atoms with van der Waals surface area (Å²) in [5, 5.41) is 9.86. The zero-order valence-electron chi connectivity index (χ0n) is 10.0. The standard InChI is InChI=1S/C10H16O7/c1-4-16-8(12)10(14,6-7(11)15-3)9(13)17-5-2/h14H,4-6H2,1-3H3. The van der Waals surface area contributed by atoms with Gasteiger partial charge in [0.05, 0.1) is 26.7 Å². The van der Waals surface area contributed by atoms with E-state index in [0.29, 0.717) is 0 Å². The predicted octanol–water partition coefficient (Wildman–Crippen LogP) is -0.593. The molecule has 0 saturated carbocycles. The van der Waals surface area contributed by atoms with Gasteiger partial charge in [0.2, 0.25) is 0 Å². The van der Waals surface area contributed by atoms with Crippen molar-refractivity contribution in [2.24, 2.45) is 0 Å². The molecule has 0 fully saturated rings. The average Bonchev–Trinajstić information content (AvgIpc) is 2.29. The van der Waals surface area contributed by atoms with Gasteiger partial charge in [0, 0.05) is 0 Å². The van der Waals surface area contributed by atoms with Crippen LogP contribution in [-0.4, -0.2) is 48.9 Å². The molecule has 1 N–H and O–H groups in total. The molecule has 0 radical (unpaired) electrons. The fraction of sp³-hybridized carbons (Fsp3) is 0.700. The van der Waals surface area contributed by atoms with Crippen molar-refractivity contribution >= 4 is 17.9 Å². The van der Waals surface area contributed by atoms with Crippen LogP contribution in [0, 0.1) is 0 Å². The number of carbonyl (C=O) groups excluding carboxylic acids is 3. The lowest BCUT2D eigenvalue weighted by Crippen LogP contribution is -2.50. The van der Waals surface area contributed by atoms with Crippen LogP contribution in [0.2, 0.25) is 0 Å². The third-order valence-corrected chi connectivity index (χ3v) is 1.85. The monoisotopic (exact) mass is 248 g/mol. The molecule has 0 atom stereocenters. The lowest BCUT2D eigenvalue weighted by atomic mass is 10.0. The van der Waals surface area contributed by atoms with Gasteiger partial charge in [0.1, 0.15) is 0 Å². The molecule has 0 rings (SSSR count). The van der Waals surface area contributed by atoms with E-state index in [1.54, 1.807) is 0 Å². The first kappa shape index (κ1) is 15.4. The van der Waals surface area contributed by atoms with Crippen LogP contribution in [0.25, 0.3) is 0 Å². The highest BCUT2D eigenvalue weighted by molar-refractivity contribution is 6.06. The number of rotatable bonds is 6. The number of ether oxygens (including phenoxy) is 3. The summed E-state index contributed by atoms with van der Waals surface area (Å²) in [5.74, 6) is -3.39. The molecular formula is C10H16O7. The minimum absolute atomic E-state index is 0.0400. The summed E-state index contributed by atoms with van der Waals surface area (Å²) in [6.07, 6.45) is -0.846. The Hall–Kier alpha value is -1.63. The van der Waals surface area contributed by atoms with Gasteiger partial charge in [-0.25, -0.2) is 9.59 Å². The highest BCUT2D eigenvalue weighted by Crippen LogP contribution is 2.16. The molecule has 0 aliphatic carbocycles. The number of methoxy groups -OCH3 is 1. The molecule has 0 unspecified atom stereocenters. The maximum Gasteiger partial charge on any atom is 0.350 e.